The minimum Gasteiger partial charge on any atom is -0.497 e. The van der Waals surface area contributed by atoms with Gasteiger partial charge in [-0.1, -0.05) is 23.4 Å². The van der Waals surface area contributed by atoms with Gasteiger partial charge in [-0.05, 0) is 42.8 Å². The summed E-state index contributed by atoms with van der Waals surface area (Å²) in [6, 6.07) is 14.5. The molecule has 0 unspecified atom stereocenters. The van der Waals surface area contributed by atoms with Gasteiger partial charge in [-0.25, -0.2) is 0 Å². The van der Waals surface area contributed by atoms with Crippen molar-refractivity contribution in [2.75, 3.05) is 13.7 Å². The van der Waals surface area contributed by atoms with Crippen LogP contribution in [-0.4, -0.2) is 35.4 Å². The van der Waals surface area contributed by atoms with Gasteiger partial charge < -0.3 is 19.7 Å². The van der Waals surface area contributed by atoms with Crippen LogP contribution in [0.3, 0.4) is 0 Å². The first-order valence-corrected chi connectivity index (χ1v) is 8.13. The molecule has 1 aromatic heterocycles. The highest BCUT2D eigenvalue weighted by Gasteiger charge is 2.10. The average Bonchev–Trinajstić information content (AvgIpc) is 3.01. The van der Waals surface area contributed by atoms with E-state index in [0.29, 0.717) is 16.6 Å². The van der Waals surface area contributed by atoms with E-state index >= 15 is 0 Å². The van der Waals surface area contributed by atoms with E-state index in [1.54, 1.807) is 44.4 Å². The number of benzene rings is 2. The van der Waals surface area contributed by atoms with Gasteiger partial charge in [0.15, 0.2) is 12.3 Å². The molecule has 0 spiro atoms. The van der Waals surface area contributed by atoms with Gasteiger partial charge >= 0.3 is 5.91 Å². The van der Waals surface area contributed by atoms with E-state index in [0.717, 1.165) is 11.3 Å². The molecule has 0 aliphatic heterocycles. The molecule has 3 rings (SSSR count). The molecule has 0 radical (unpaired) electrons. The fourth-order valence-corrected chi connectivity index (χ4v) is 2.42. The molecule has 2 aromatic carbocycles. The molecule has 27 heavy (non-hydrogen) atoms. The highest BCUT2D eigenvalue weighted by Crippen LogP contribution is 2.35. The first-order valence-electron chi connectivity index (χ1n) is 8.13. The molecule has 0 atom stereocenters. The van der Waals surface area contributed by atoms with Crippen LogP contribution in [0.1, 0.15) is 12.5 Å². The number of hydrogen-bond donors (Lipinski definition) is 2. The summed E-state index contributed by atoms with van der Waals surface area (Å²) in [5.41, 5.74) is 2.36. The van der Waals surface area contributed by atoms with E-state index < -0.39 is 5.91 Å². The van der Waals surface area contributed by atoms with Crippen LogP contribution in [-0.2, 0) is 9.63 Å². The van der Waals surface area contributed by atoms with Crippen LogP contribution in [0.25, 0.3) is 10.9 Å². The fourth-order valence-electron chi connectivity index (χ4n) is 2.42. The van der Waals surface area contributed by atoms with Crippen LogP contribution >= 0.6 is 0 Å². The minimum atomic E-state index is -0.619. The summed E-state index contributed by atoms with van der Waals surface area (Å²) in [6.07, 6.45) is 0. The lowest BCUT2D eigenvalue weighted by Crippen LogP contribution is -2.04. The quantitative estimate of drug-likeness (QED) is 0.391. The number of methoxy groups -OCH3 is 1. The van der Waals surface area contributed by atoms with Crippen LogP contribution in [0.4, 0.5) is 5.69 Å². The maximum atomic E-state index is 11.8. The second-order valence-electron chi connectivity index (χ2n) is 5.64. The Kier molecular flexibility index (Phi) is 5.46. The predicted octanol–water partition coefficient (Wildman–Crippen LogP) is 3.93. The van der Waals surface area contributed by atoms with E-state index in [4.69, 9.17) is 9.57 Å². The molecule has 1 heterocycles. The molecular weight excluding hydrogens is 348 g/mol. The van der Waals surface area contributed by atoms with E-state index in [2.05, 4.69) is 20.4 Å². The summed E-state index contributed by atoms with van der Waals surface area (Å²) >= 11 is 0. The zero-order valence-corrected chi connectivity index (χ0v) is 14.8. The van der Waals surface area contributed by atoms with Gasteiger partial charge in [0.05, 0.1) is 18.3 Å². The average molecular weight is 366 g/mol. The number of hydrogen-bond acceptors (Lipinski definition) is 6. The molecule has 0 fully saturated rings. The molecule has 3 aromatic rings. The lowest BCUT2D eigenvalue weighted by molar-refractivity contribution is -0.122. The summed E-state index contributed by atoms with van der Waals surface area (Å²) in [4.78, 5) is 19.6. The third-order valence-electron chi connectivity index (χ3n) is 3.82. The van der Waals surface area contributed by atoms with Crippen molar-refractivity contribution in [1.82, 2.24) is 4.98 Å². The van der Waals surface area contributed by atoms with Crippen LogP contribution in [0.2, 0.25) is 0 Å². The van der Waals surface area contributed by atoms with Gasteiger partial charge in [-0.3, -0.25) is 4.79 Å². The molecule has 2 N–H and O–H groups in total. The number of amides is 1. The Hall–Kier alpha value is -3.68. The monoisotopic (exact) mass is 366 g/mol. The Morgan fingerprint density at radius 3 is 2.63 bits per heavy atom. The van der Waals surface area contributed by atoms with Gasteiger partial charge in [-0.2, -0.15) is 0 Å². The number of oxime groups is 1. The maximum Gasteiger partial charge on any atom is 0.304 e. The number of H-pyrrole nitrogens is 1. The number of rotatable bonds is 6. The molecule has 0 aliphatic carbocycles. The van der Waals surface area contributed by atoms with Crippen molar-refractivity contribution in [3.63, 3.8) is 0 Å². The standard InChI is InChI=1S/C19H18N4O4/c1-12(13-7-9-14(26-2)10-8-13)23-27-11-17(24)21-22-18-15-5-3-4-6-16(15)20-19(18)25/h3-10,20,25H,11H2,1-2H3/b22-21?,23-12-. The summed E-state index contributed by atoms with van der Waals surface area (Å²) in [5.74, 6) is -0.0309. The van der Waals surface area contributed by atoms with Gasteiger partial charge in [0.1, 0.15) is 5.75 Å². The largest absolute Gasteiger partial charge is 0.497 e. The number of ether oxygens (including phenoxy) is 1. The van der Waals surface area contributed by atoms with E-state index in [1.165, 1.54) is 0 Å². The number of aromatic amines is 1. The fraction of sp³-hybridized carbons (Fsp3) is 0.158. The number of nitrogens with one attached hydrogen (secondary N) is 1. The number of nitrogens with zero attached hydrogens (tertiary/aromatic N) is 3. The van der Waals surface area contributed by atoms with Crippen LogP contribution in [0, 0.1) is 0 Å². The van der Waals surface area contributed by atoms with Gasteiger partial charge in [0.25, 0.3) is 0 Å². The lowest BCUT2D eigenvalue weighted by atomic mass is 10.1. The van der Waals surface area contributed by atoms with Crippen LogP contribution < -0.4 is 4.74 Å². The van der Waals surface area contributed by atoms with Gasteiger partial charge in [0, 0.05) is 5.39 Å². The van der Waals surface area contributed by atoms with Crippen LogP contribution in [0.15, 0.2) is 63.9 Å². The molecule has 0 saturated carbocycles. The van der Waals surface area contributed by atoms with Gasteiger partial charge in [0.2, 0.25) is 5.88 Å². The number of carbonyl (C=O) groups is 1. The summed E-state index contributed by atoms with van der Waals surface area (Å²) in [5, 5.41) is 21.8. The Morgan fingerprint density at radius 1 is 1.15 bits per heavy atom. The maximum absolute atomic E-state index is 11.8. The van der Waals surface area contributed by atoms with Crippen molar-refractivity contribution in [1.29, 1.82) is 0 Å². The summed E-state index contributed by atoms with van der Waals surface area (Å²) < 4.78 is 5.10. The smallest absolute Gasteiger partial charge is 0.304 e. The molecule has 0 aliphatic rings. The minimum absolute atomic E-state index is 0.151. The van der Waals surface area contributed by atoms with Crippen molar-refractivity contribution < 1.29 is 19.5 Å². The predicted molar refractivity (Wildman–Crippen MR) is 101 cm³/mol. The second kappa shape index (κ2) is 8.13. The number of carbonyl (C=O) groups excluding carboxylic acids is 1. The number of para-hydroxylation sites is 1. The highest BCUT2D eigenvalue weighted by molar-refractivity contribution is 5.98. The van der Waals surface area contributed by atoms with Crippen molar-refractivity contribution in [2.45, 2.75) is 6.92 Å². The first-order chi connectivity index (χ1) is 13.1. The zero-order valence-electron chi connectivity index (χ0n) is 14.8. The summed E-state index contributed by atoms with van der Waals surface area (Å²) in [6.45, 7) is 1.40. The molecule has 1 amide bonds. The number of aromatic hydroxyl groups is 1. The zero-order chi connectivity index (χ0) is 19.2. The second-order valence-corrected chi connectivity index (χ2v) is 5.64. The van der Waals surface area contributed by atoms with E-state index in [1.807, 2.05) is 18.2 Å². The SMILES string of the molecule is COc1ccc(/C(C)=N\OCC(=O)N=Nc2c(O)[nH]c3ccccc23)cc1. The number of azo groups is 1. The Balaban J connectivity index is 1.60. The van der Waals surface area contributed by atoms with Gasteiger partial charge in [-0.15, -0.1) is 10.2 Å². The Labute approximate surface area is 155 Å². The first kappa shape index (κ1) is 18.1. The molecular formula is C19H18N4O4. The number of fused-ring (bicyclic) bond motifs is 1. The molecule has 8 heteroatoms. The molecule has 8 nitrogen and oxygen atoms in total. The summed E-state index contributed by atoms with van der Waals surface area (Å²) in [7, 11) is 1.59. The normalized spacial score (nSPS) is 11.9. The lowest BCUT2D eigenvalue weighted by Gasteiger charge is -2.03. The Bertz CT molecular complexity index is 1010. The van der Waals surface area contributed by atoms with Crippen molar-refractivity contribution in [3.05, 3.63) is 54.1 Å². The molecule has 0 bridgehead atoms. The van der Waals surface area contributed by atoms with Crippen molar-refractivity contribution in [3.8, 4) is 11.6 Å². The molecule has 0 saturated heterocycles. The van der Waals surface area contributed by atoms with Crippen molar-refractivity contribution in [2.24, 2.45) is 15.4 Å². The van der Waals surface area contributed by atoms with E-state index in [9.17, 15) is 9.90 Å². The third kappa shape index (κ3) is 4.30. The molecule has 138 valence electrons. The Morgan fingerprint density at radius 2 is 1.89 bits per heavy atom. The van der Waals surface area contributed by atoms with Crippen molar-refractivity contribution >= 4 is 28.2 Å². The number of aromatic nitrogens is 1. The highest BCUT2D eigenvalue weighted by atomic mass is 16.6. The topological polar surface area (TPSA) is 109 Å². The third-order valence-corrected chi connectivity index (χ3v) is 3.82. The van der Waals surface area contributed by atoms with E-state index in [-0.39, 0.29) is 18.2 Å². The van der Waals surface area contributed by atoms with Crippen LogP contribution in [0.5, 0.6) is 11.6 Å².